The third kappa shape index (κ3) is 12.0. The van der Waals surface area contributed by atoms with E-state index in [9.17, 15) is 4.79 Å². The molecule has 0 saturated carbocycles. The fourth-order valence-corrected chi connectivity index (χ4v) is 0.846. The second-order valence-electron chi connectivity index (χ2n) is 2.80. The molecule has 0 radical (unpaired) electrons. The van der Waals surface area contributed by atoms with Crippen LogP contribution >= 0.6 is 24.8 Å². The van der Waals surface area contributed by atoms with E-state index in [0.29, 0.717) is 13.2 Å². The van der Waals surface area contributed by atoms with Gasteiger partial charge in [-0.2, -0.15) is 0 Å². The maximum absolute atomic E-state index is 11.0. The Bertz CT molecular complexity index is 173. The lowest BCUT2D eigenvalue weighted by Gasteiger charge is -2.05. The first-order valence-corrected chi connectivity index (χ1v) is 4.78. The molecule has 0 aromatic heterocycles. The van der Waals surface area contributed by atoms with Crippen molar-refractivity contribution in [2.75, 3.05) is 13.2 Å². The third-order valence-corrected chi connectivity index (χ3v) is 1.91. The normalized spacial score (nSPS) is 10.5. The molecule has 0 aromatic rings. The largest absolute Gasteiger partial charge is 0.464 e. The van der Waals surface area contributed by atoms with Crippen molar-refractivity contribution in [1.29, 1.82) is 0 Å². The number of carbonyl (C=O) groups is 1. The summed E-state index contributed by atoms with van der Waals surface area (Å²) in [7, 11) is 0. The summed E-state index contributed by atoms with van der Waals surface area (Å²) >= 11 is 4.38. The van der Waals surface area contributed by atoms with Gasteiger partial charge in [-0.25, -0.2) is 9.16 Å². The summed E-state index contributed by atoms with van der Waals surface area (Å²) in [5.41, 5.74) is 5.30. The first-order valence-electron chi connectivity index (χ1n) is 4.41. The summed E-state index contributed by atoms with van der Waals surface area (Å²) in [5.74, 6) is -0.345. The van der Waals surface area contributed by atoms with Crippen molar-refractivity contribution >= 4 is 43.2 Å². The van der Waals surface area contributed by atoms with Crippen LogP contribution in [0.4, 0.5) is 0 Å². The van der Waals surface area contributed by atoms with Crippen LogP contribution in [0.2, 0.25) is 0 Å². The van der Waals surface area contributed by atoms with Crippen LogP contribution in [0.3, 0.4) is 0 Å². The van der Waals surface area contributed by atoms with Gasteiger partial charge in [0.2, 0.25) is 0 Å². The lowest BCUT2D eigenvalue weighted by atomic mass is 10.2. The molecule has 0 aliphatic rings. The summed E-state index contributed by atoms with van der Waals surface area (Å²) in [4.78, 5) is 11.0. The number of halogens is 2. The summed E-state index contributed by atoms with van der Waals surface area (Å²) in [6.45, 7) is 2.75. The molecule has 7 heteroatoms. The Morgan fingerprint density at radius 2 is 2.00 bits per heavy atom. The number of rotatable bonds is 7. The van der Waals surface area contributed by atoms with Gasteiger partial charge in [0.05, 0.1) is 6.61 Å². The van der Waals surface area contributed by atoms with Crippen LogP contribution in [0.5, 0.6) is 0 Å². The van der Waals surface area contributed by atoms with Crippen molar-refractivity contribution in [3.8, 4) is 0 Å². The Balaban J connectivity index is -0.000000720. The first-order chi connectivity index (χ1) is 6.22. The van der Waals surface area contributed by atoms with E-state index in [0.717, 1.165) is 19.3 Å². The van der Waals surface area contributed by atoms with Gasteiger partial charge in [0.1, 0.15) is 0 Å². The van der Waals surface area contributed by atoms with Gasteiger partial charge in [-0.15, -0.1) is 24.8 Å². The topological polar surface area (TPSA) is 64.7 Å². The highest BCUT2D eigenvalue weighted by Gasteiger charge is 2.11. The zero-order chi connectivity index (χ0) is 10.1. The van der Waals surface area contributed by atoms with Gasteiger partial charge in [0, 0.05) is 12.4 Å². The lowest BCUT2D eigenvalue weighted by Crippen LogP contribution is -2.18. The molecular formula is C8H18Cl2N2O2S. The number of nitrogens with zero attached hydrogens (tertiary/aromatic N) is 1. The fraction of sp³-hybridized carbons (Fsp3) is 0.875. The predicted octanol–water partition coefficient (Wildman–Crippen LogP) is 1.62. The van der Waals surface area contributed by atoms with E-state index in [-0.39, 0.29) is 30.8 Å². The molecule has 4 nitrogen and oxygen atoms in total. The second kappa shape index (κ2) is 14.0. The van der Waals surface area contributed by atoms with E-state index in [1.807, 2.05) is 0 Å². The van der Waals surface area contributed by atoms with E-state index >= 15 is 0 Å². The number of hydrogen-bond acceptors (Lipinski definition) is 5. The van der Waals surface area contributed by atoms with E-state index < -0.39 is 6.04 Å². The van der Waals surface area contributed by atoms with Crippen molar-refractivity contribution in [3.63, 3.8) is 0 Å². The molecular weight excluding hydrogens is 259 g/mol. The molecule has 0 bridgehead atoms. The molecule has 2 N–H and O–H groups in total. The summed E-state index contributed by atoms with van der Waals surface area (Å²) in [6.07, 6.45) is 2.81. The molecule has 1 atom stereocenters. The SMILES string of the molecule is C[C@H](N=S)C(=O)OCCCCCN.Cl.Cl. The van der Waals surface area contributed by atoms with Gasteiger partial charge >= 0.3 is 5.97 Å². The van der Waals surface area contributed by atoms with Crippen LogP contribution in [0, 0.1) is 0 Å². The Kier molecular flexibility index (Phi) is 19.1. The van der Waals surface area contributed by atoms with E-state index in [1.165, 1.54) is 0 Å². The van der Waals surface area contributed by atoms with Gasteiger partial charge < -0.3 is 10.5 Å². The fourth-order valence-electron chi connectivity index (χ4n) is 0.760. The highest BCUT2D eigenvalue weighted by molar-refractivity contribution is 7.47. The molecule has 0 aliphatic carbocycles. The minimum absolute atomic E-state index is 0. The van der Waals surface area contributed by atoms with Gasteiger partial charge in [-0.05, 0) is 32.7 Å². The van der Waals surface area contributed by atoms with Gasteiger partial charge in [0.15, 0.2) is 6.04 Å². The summed E-state index contributed by atoms with van der Waals surface area (Å²) in [5, 5.41) is 0. The van der Waals surface area contributed by atoms with Crippen molar-refractivity contribution in [1.82, 2.24) is 0 Å². The Hall–Kier alpha value is 0.0300. The number of nitrogens with two attached hydrogens (primary N) is 1. The standard InChI is InChI=1S/C8H16N2O2S.2ClH/c1-7(10-13)8(11)12-6-4-2-3-5-9;;/h7H,2-6,9H2,1H3;2*1H/t7-;;/m0../s1. The smallest absolute Gasteiger partial charge is 0.331 e. The van der Waals surface area contributed by atoms with Crippen molar-refractivity contribution in [2.45, 2.75) is 32.2 Å². The Morgan fingerprint density at radius 1 is 1.40 bits per heavy atom. The monoisotopic (exact) mass is 276 g/mol. The molecule has 0 spiro atoms. The zero-order valence-corrected chi connectivity index (χ0v) is 11.1. The van der Waals surface area contributed by atoms with Gasteiger partial charge in [-0.3, -0.25) is 0 Å². The molecule has 0 aromatic carbocycles. The van der Waals surface area contributed by atoms with Crippen LogP contribution in [0.1, 0.15) is 26.2 Å². The average Bonchev–Trinajstić information content (AvgIpc) is 2.16. The number of hydrogen-bond donors (Lipinski definition) is 1. The number of esters is 1. The summed E-state index contributed by atoms with van der Waals surface area (Å²) in [6, 6.07) is -0.524. The zero-order valence-electron chi connectivity index (χ0n) is 8.68. The highest BCUT2D eigenvalue weighted by atomic mass is 35.5. The van der Waals surface area contributed by atoms with Crippen LogP contribution in [0.25, 0.3) is 0 Å². The molecule has 92 valence electrons. The third-order valence-electron chi connectivity index (χ3n) is 1.59. The van der Waals surface area contributed by atoms with Crippen molar-refractivity contribution in [2.24, 2.45) is 10.1 Å². The molecule has 0 fully saturated rings. The van der Waals surface area contributed by atoms with Gasteiger partial charge in [0.25, 0.3) is 0 Å². The van der Waals surface area contributed by atoms with Crippen LogP contribution < -0.4 is 5.73 Å². The van der Waals surface area contributed by atoms with Crippen LogP contribution in [0.15, 0.2) is 4.36 Å². The molecule has 0 rings (SSSR count). The number of carbonyl (C=O) groups excluding carboxylic acids is 1. The number of ether oxygens (including phenoxy) is 1. The Labute approximate surface area is 108 Å². The van der Waals surface area contributed by atoms with Crippen LogP contribution in [-0.4, -0.2) is 25.2 Å². The second-order valence-corrected chi connectivity index (χ2v) is 3.01. The molecule has 15 heavy (non-hydrogen) atoms. The van der Waals surface area contributed by atoms with E-state index in [2.05, 4.69) is 16.8 Å². The molecule has 0 amide bonds. The van der Waals surface area contributed by atoms with E-state index in [1.54, 1.807) is 6.92 Å². The van der Waals surface area contributed by atoms with Crippen molar-refractivity contribution in [3.05, 3.63) is 0 Å². The maximum Gasteiger partial charge on any atom is 0.331 e. The molecule has 0 unspecified atom stereocenters. The summed E-state index contributed by atoms with van der Waals surface area (Å²) < 4.78 is 8.29. The Morgan fingerprint density at radius 3 is 2.47 bits per heavy atom. The predicted molar refractivity (Wildman–Crippen MR) is 67.6 cm³/mol. The number of unbranched alkanes of at least 4 members (excludes halogenated alkanes) is 2. The van der Waals surface area contributed by atoms with Crippen molar-refractivity contribution < 1.29 is 9.53 Å². The minimum atomic E-state index is -0.524. The molecule has 0 aliphatic heterocycles. The van der Waals surface area contributed by atoms with Crippen LogP contribution in [-0.2, 0) is 22.0 Å². The van der Waals surface area contributed by atoms with Gasteiger partial charge in [-0.1, -0.05) is 0 Å². The maximum atomic E-state index is 11.0. The van der Waals surface area contributed by atoms with E-state index in [4.69, 9.17) is 10.5 Å². The molecule has 0 heterocycles. The highest BCUT2D eigenvalue weighted by Crippen LogP contribution is 1.97. The lowest BCUT2D eigenvalue weighted by molar-refractivity contribution is -0.144. The minimum Gasteiger partial charge on any atom is -0.464 e. The average molecular weight is 277 g/mol. The quantitative estimate of drug-likeness (QED) is 0.567. The molecule has 0 saturated heterocycles. The first kappa shape index (κ1) is 20.4.